The number of carbonyl (C=O) groups excluding carboxylic acids is 2. The maximum atomic E-state index is 13.0. The molecule has 3 aromatic rings. The van der Waals surface area contributed by atoms with Gasteiger partial charge in [-0.05, 0) is 64.9 Å². The molecular formula is C28H31NO5. The van der Waals surface area contributed by atoms with Gasteiger partial charge in [-0.25, -0.2) is 0 Å². The van der Waals surface area contributed by atoms with Crippen LogP contribution < -0.4 is 4.74 Å². The number of likely N-dealkylation sites (tertiary alicyclic amines) is 1. The molecule has 0 N–H and O–H groups in total. The van der Waals surface area contributed by atoms with E-state index in [0.717, 1.165) is 37.1 Å². The molecule has 1 spiro atoms. The smallest absolute Gasteiger partial charge is 0.307 e. The van der Waals surface area contributed by atoms with Crippen molar-refractivity contribution >= 4 is 22.7 Å². The van der Waals surface area contributed by atoms with Crippen molar-refractivity contribution in [3.8, 4) is 5.75 Å². The first kappa shape index (κ1) is 22.7. The number of esters is 1. The third-order valence-corrected chi connectivity index (χ3v) is 6.83. The van der Waals surface area contributed by atoms with Crippen LogP contribution in [0, 0.1) is 0 Å². The minimum atomic E-state index is -0.446. The van der Waals surface area contributed by atoms with E-state index in [0.29, 0.717) is 36.5 Å². The summed E-state index contributed by atoms with van der Waals surface area (Å²) in [6, 6.07) is 15.2. The number of ether oxygens (including phenoxy) is 2. The zero-order valence-corrected chi connectivity index (χ0v) is 20.1. The van der Waals surface area contributed by atoms with Crippen molar-refractivity contribution in [3.05, 3.63) is 65.4 Å². The summed E-state index contributed by atoms with van der Waals surface area (Å²) >= 11 is 0. The molecule has 0 radical (unpaired) electrons. The minimum absolute atomic E-state index is 0.0291. The molecule has 1 saturated heterocycles. The topological polar surface area (TPSA) is 69.0 Å². The van der Waals surface area contributed by atoms with Crippen LogP contribution in [0.25, 0.3) is 11.0 Å². The van der Waals surface area contributed by atoms with E-state index in [9.17, 15) is 9.59 Å². The number of furan rings is 1. The SMILES string of the molecule is CC(C)(C)OC(=O)CCN1CCC2(CC1)COc1cc(C(=O)c3cc4ccccc4o3)ccc12. The second kappa shape index (κ2) is 8.58. The molecule has 0 amide bonds. The third-order valence-electron chi connectivity index (χ3n) is 6.83. The van der Waals surface area contributed by atoms with Gasteiger partial charge in [0.15, 0.2) is 5.76 Å². The van der Waals surface area contributed by atoms with Crippen molar-refractivity contribution < 1.29 is 23.5 Å². The van der Waals surface area contributed by atoms with Crippen LogP contribution in [0.1, 0.15) is 61.7 Å². The number of hydrogen-bond acceptors (Lipinski definition) is 6. The Morgan fingerprint density at radius 2 is 1.82 bits per heavy atom. The number of nitrogens with zero attached hydrogens (tertiary/aromatic N) is 1. The first-order chi connectivity index (χ1) is 16.2. The molecule has 5 rings (SSSR count). The summed E-state index contributed by atoms with van der Waals surface area (Å²) in [4.78, 5) is 27.4. The lowest BCUT2D eigenvalue weighted by atomic mass is 9.74. The van der Waals surface area contributed by atoms with Gasteiger partial charge >= 0.3 is 5.97 Å². The maximum Gasteiger partial charge on any atom is 0.307 e. The fourth-order valence-corrected chi connectivity index (χ4v) is 5.01. The predicted molar refractivity (Wildman–Crippen MR) is 129 cm³/mol. The Bertz CT molecular complexity index is 1190. The van der Waals surface area contributed by atoms with Gasteiger partial charge in [0.2, 0.25) is 5.78 Å². The number of ketones is 1. The highest BCUT2D eigenvalue weighted by atomic mass is 16.6. The molecule has 2 aliphatic rings. The minimum Gasteiger partial charge on any atom is -0.492 e. The summed E-state index contributed by atoms with van der Waals surface area (Å²) in [5.41, 5.74) is 1.99. The molecule has 2 aliphatic heterocycles. The maximum absolute atomic E-state index is 13.0. The van der Waals surface area contributed by atoms with E-state index in [1.807, 2.05) is 57.2 Å². The third kappa shape index (κ3) is 4.47. The molecule has 0 aliphatic carbocycles. The van der Waals surface area contributed by atoms with Crippen molar-refractivity contribution in [2.75, 3.05) is 26.2 Å². The van der Waals surface area contributed by atoms with Crippen LogP contribution >= 0.6 is 0 Å². The van der Waals surface area contributed by atoms with Crippen LogP contribution in [0.4, 0.5) is 0 Å². The van der Waals surface area contributed by atoms with Gasteiger partial charge in [-0.15, -0.1) is 0 Å². The Hall–Kier alpha value is -3.12. The van der Waals surface area contributed by atoms with Gasteiger partial charge in [0.1, 0.15) is 16.9 Å². The largest absolute Gasteiger partial charge is 0.492 e. The van der Waals surface area contributed by atoms with Gasteiger partial charge < -0.3 is 18.8 Å². The van der Waals surface area contributed by atoms with Crippen molar-refractivity contribution in [2.24, 2.45) is 0 Å². The van der Waals surface area contributed by atoms with Crippen LogP contribution in [0.2, 0.25) is 0 Å². The number of hydrogen-bond donors (Lipinski definition) is 0. The van der Waals surface area contributed by atoms with Crippen LogP contribution in [-0.4, -0.2) is 48.5 Å². The van der Waals surface area contributed by atoms with E-state index < -0.39 is 5.60 Å². The van der Waals surface area contributed by atoms with Gasteiger partial charge in [0.25, 0.3) is 0 Å². The van der Waals surface area contributed by atoms with Gasteiger partial charge in [-0.1, -0.05) is 30.3 Å². The molecule has 0 saturated carbocycles. The molecule has 0 unspecified atom stereocenters. The zero-order valence-electron chi connectivity index (χ0n) is 20.1. The molecule has 0 atom stereocenters. The summed E-state index contributed by atoms with van der Waals surface area (Å²) in [7, 11) is 0. The van der Waals surface area contributed by atoms with E-state index in [1.54, 1.807) is 6.07 Å². The van der Waals surface area contributed by atoms with Gasteiger partial charge in [0, 0.05) is 28.5 Å². The molecule has 0 bridgehead atoms. The number of piperidine rings is 1. The van der Waals surface area contributed by atoms with Crippen molar-refractivity contribution in [3.63, 3.8) is 0 Å². The highest BCUT2D eigenvalue weighted by Crippen LogP contribution is 2.46. The van der Waals surface area contributed by atoms with E-state index >= 15 is 0 Å². The number of benzene rings is 2. The standard InChI is InChI=1S/C28H31NO5/c1-27(2,3)34-25(30)10-13-29-14-11-28(12-15-29)18-32-23-17-20(8-9-21(23)28)26(31)24-16-19-6-4-5-7-22(19)33-24/h4-9,16-17H,10-15,18H2,1-3H3. The van der Waals surface area contributed by atoms with Gasteiger partial charge in [-0.3, -0.25) is 9.59 Å². The summed E-state index contributed by atoms with van der Waals surface area (Å²) in [6.45, 7) is 8.83. The molecule has 1 fully saturated rings. The van der Waals surface area contributed by atoms with Crippen LogP contribution in [0.15, 0.2) is 52.9 Å². The number of rotatable bonds is 5. The predicted octanol–water partition coefficient (Wildman–Crippen LogP) is 5.12. The van der Waals surface area contributed by atoms with E-state index in [-0.39, 0.29) is 17.2 Å². The first-order valence-corrected chi connectivity index (χ1v) is 12.0. The molecule has 34 heavy (non-hydrogen) atoms. The quantitative estimate of drug-likeness (QED) is 0.388. The fraction of sp³-hybridized carbons (Fsp3) is 0.429. The first-order valence-electron chi connectivity index (χ1n) is 12.0. The highest BCUT2D eigenvalue weighted by Gasteiger charge is 2.43. The fourth-order valence-electron chi connectivity index (χ4n) is 5.01. The summed E-state index contributed by atoms with van der Waals surface area (Å²) in [5.74, 6) is 0.848. The number of carbonyl (C=O) groups is 2. The molecule has 6 heteroatoms. The lowest BCUT2D eigenvalue weighted by Crippen LogP contribution is -2.44. The molecule has 2 aromatic carbocycles. The Balaban J connectivity index is 1.24. The van der Waals surface area contributed by atoms with Crippen molar-refractivity contribution in [2.45, 2.75) is 51.0 Å². The van der Waals surface area contributed by atoms with E-state index in [2.05, 4.69) is 11.0 Å². The van der Waals surface area contributed by atoms with Gasteiger partial charge in [0.05, 0.1) is 13.0 Å². The Kier molecular flexibility index (Phi) is 5.72. The Labute approximate surface area is 199 Å². The lowest BCUT2D eigenvalue weighted by molar-refractivity contribution is -0.155. The Morgan fingerprint density at radius 3 is 2.56 bits per heavy atom. The monoisotopic (exact) mass is 461 g/mol. The second-order valence-corrected chi connectivity index (χ2v) is 10.4. The van der Waals surface area contributed by atoms with Crippen molar-refractivity contribution in [1.82, 2.24) is 4.90 Å². The molecule has 6 nitrogen and oxygen atoms in total. The normalized spacial score (nSPS) is 17.5. The summed E-state index contributed by atoms with van der Waals surface area (Å²) in [6.07, 6.45) is 2.33. The van der Waals surface area contributed by atoms with Crippen LogP contribution in [0.3, 0.4) is 0 Å². The summed E-state index contributed by atoms with van der Waals surface area (Å²) < 4.78 is 17.3. The van der Waals surface area contributed by atoms with Crippen molar-refractivity contribution in [1.29, 1.82) is 0 Å². The highest BCUT2D eigenvalue weighted by molar-refractivity contribution is 6.09. The van der Waals surface area contributed by atoms with Crippen LogP contribution in [-0.2, 0) is 14.9 Å². The average Bonchev–Trinajstić information content (AvgIpc) is 3.39. The number of para-hydroxylation sites is 1. The molecular weight excluding hydrogens is 430 g/mol. The lowest BCUT2D eigenvalue weighted by Gasteiger charge is -2.38. The molecule has 1 aromatic heterocycles. The van der Waals surface area contributed by atoms with E-state index in [1.165, 1.54) is 5.56 Å². The summed E-state index contributed by atoms with van der Waals surface area (Å²) in [5, 5.41) is 0.917. The van der Waals surface area contributed by atoms with Crippen LogP contribution in [0.5, 0.6) is 5.75 Å². The van der Waals surface area contributed by atoms with Gasteiger partial charge in [-0.2, -0.15) is 0 Å². The molecule has 3 heterocycles. The average molecular weight is 462 g/mol. The number of fused-ring (bicyclic) bond motifs is 3. The zero-order chi connectivity index (χ0) is 23.9. The Morgan fingerprint density at radius 1 is 1.06 bits per heavy atom. The molecule has 178 valence electrons. The second-order valence-electron chi connectivity index (χ2n) is 10.4. The van der Waals surface area contributed by atoms with E-state index in [4.69, 9.17) is 13.9 Å².